The van der Waals surface area contributed by atoms with Gasteiger partial charge in [-0.25, -0.2) is 8.78 Å². The zero-order valence-corrected chi connectivity index (χ0v) is 17.1. The number of halogens is 5. The van der Waals surface area contributed by atoms with Crippen molar-refractivity contribution in [1.29, 1.82) is 0 Å². The van der Waals surface area contributed by atoms with Crippen LogP contribution >= 0.6 is 15.9 Å². The first kappa shape index (κ1) is 21.4. The van der Waals surface area contributed by atoms with E-state index in [1.54, 1.807) is 0 Å². The number of nitrogens with zero attached hydrogens (tertiary/aromatic N) is 1. The van der Waals surface area contributed by atoms with Crippen LogP contribution in [0.3, 0.4) is 0 Å². The van der Waals surface area contributed by atoms with E-state index in [1.807, 2.05) is 33.9 Å². The third-order valence-electron chi connectivity index (χ3n) is 4.28. The van der Waals surface area contributed by atoms with Crippen molar-refractivity contribution in [2.24, 2.45) is 0 Å². The van der Waals surface area contributed by atoms with Crippen LogP contribution in [-0.2, 0) is 4.43 Å². The van der Waals surface area contributed by atoms with Gasteiger partial charge in [-0.15, -0.1) is 0 Å². The Balaban J connectivity index is 2.81. The standard InChI is InChI=1S/C16H24BrF4NOSi/c1-16(2,3)24(4,5)23-10-12(18)9-22(15(20)21)14-8-11(17)6-7-13(14)19/h6-8,12,15H,9-10H2,1-5H3/t12-/m0/s1. The van der Waals surface area contributed by atoms with E-state index in [-0.39, 0.29) is 17.3 Å². The quantitative estimate of drug-likeness (QED) is 0.300. The minimum Gasteiger partial charge on any atom is -0.414 e. The van der Waals surface area contributed by atoms with E-state index < -0.39 is 33.4 Å². The third-order valence-corrected chi connectivity index (χ3v) is 9.27. The van der Waals surface area contributed by atoms with Gasteiger partial charge in [0, 0.05) is 4.47 Å². The normalized spacial score (nSPS) is 14.1. The SMILES string of the molecule is CC(C)(C)[Si](C)(C)OC[C@@H](F)CN(c1cc(Br)ccc1F)C(F)F. The molecular weight excluding hydrogens is 406 g/mol. The smallest absolute Gasteiger partial charge is 0.315 e. The average molecular weight is 430 g/mol. The lowest BCUT2D eigenvalue weighted by atomic mass is 10.2. The molecule has 2 nitrogen and oxygen atoms in total. The van der Waals surface area contributed by atoms with Crippen LogP contribution in [0, 0.1) is 5.82 Å². The summed E-state index contributed by atoms with van der Waals surface area (Å²) in [5.74, 6) is -0.823. The molecule has 0 amide bonds. The second kappa shape index (κ2) is 8.18. The molecule has 8 heteroatoms. The molecule has 0 aliphatic rings. The van der Waals surface area contributed by atoms with Crippen molar-refractivity contribution >= 4 is 29.9 Å². The monoisotopic (exact) mass is 429 g/mol. The van der Waals surface area contributed by atoms with Crippen molar-refractivity contribution < 1.29 is 22.0 Å². The van der Waals surface area contributed by atoms with Crippen molar-refractivity contribution in [1.82, 2.24) is 0 Å². The van der Waals surface area contributed by atoms with Gasteiger partial charge >= 0.3 is 6.55 Å². The second-order valence-corrected chi connectivity index (χ2v) is 12.9. The summed E-state index contributed by atoms with van der Waals surface area (Å²) < 4.78 is 60.7. The van der Waals surface area contributed by atoms with Gasteiger partial charge in [-0.2, -0.15) is 8.78 Å². The molecule has 0 aliphatic carbocycles. The molecule has 0 unspecified atom stereocenters. The molecule has 0 N–H and O–H groups in total. The minimum absolute atomic E-state index is 0.106. The Morgan fingerprint density at radius 1 is 1.21 bits per heavy atom. The zero-order valence-electron chi connectivity index (χ0n) is 14.5. The Bertz CT molecular complexity index is 551. The fourth-order valence-corrected chi connectivity index (χ4v) is 3.15. The van der Waals surface area contributed by atoms with Crippen molar-refractivity contribution in [3.63, 3.8) is 0 Å². The molecule has 1 aromatic rings. The molecule has 1 aromatic carbocycles. The first-order chi connectivity index (χ1) is 10.8. The van der Waals surface area contributed by atoms with Crippen LogP contribution in [0.25, 0.3) is 0 Å². The number of anilines is 1. The second-order valence-electron chi connectivity index (χ2n) is 7.19. The number of alkyl halides is 3. The Morgan fingerprint density at radius 2 is 1.79 bits per heavy atom. The number of rotatable bonds is 7. The highest BCUT2D eigenvalue weighted by atomic mass is 79.9. The zero-order chi connectivity index (χ0) is 18.7. The fourth-order valence-electron chi connectivity index (χ4n) is 1.77. The maximum absolute atomic E-state index is 14.2. The van der Waals surface area contributed by atoms with Gasteiger partial charge < -0.3 is 9.33 Å². The van der Waals surface area contributed by atoms with E-state index in [0.717, 1.165) is 6.07 Å². The van der Waals surface area contributed by atoms with Gasteiger partial charge in [-0.05, 0) is 36.3 Å². The predicted octanol–water partition coefficient (Wildman–Crippen LogP) is 5.98. The van der Waals surface area contributed by atoms with E-state index in [9.17, 15) is 17.6 Å². The molecule has 0 spiro atoms. The molecular formula is C16H24BrF4NOSi. The van der Waals surface area contributed by atoms with Gasteiger partial charge in [0.25, 0.3) is 0 Å². The molecule has 1 atom stereocenters. The summed E-state index contributed by atoms with van der Waals surface area (Å²) in [4.78, 5) is 0.416. The highest BCUT2D eigenvalue weighted by Crippen LogP contribution is 2.36. The molecule has 0 aliphatic heterocycles. The van der Waals surface area contributed by atoms with Gasteiger partial charge in [-0.1, -0.05) is 36.7 Å². The molecule has 0 saturated heterocycles. The van der Waals surface area contributed by atoms with Crippen LogP contribution in [0.1, 0.15) is 20.8 Å². The molecule has 0 radical (unpaired) electrons. The Morgan fingerprint density at radius 3 is 2.29 bits per heavy atom. The van der Waals surface area contributed by atoms with Crippen LogP contribution in [0.4, 0.5) is 23.2 Å². The summed E-state index contributed by atoms with van der Waals surface area (Å²) in [7, 11) is -2.17. The van der Waals surface area contributed by atoms with Crippen molar-refractivity contribution in [3.8, 4) is 0 Å². The summed E-state index contributed by atoms with van der Waals surface area (Å²) in [6.07, 6.45) is -1.65. The molecule has 0 saturated carbocycles. The van der Waals surface area contributed by atoms with Crippen LogP contribution in [-0.4, -0.2) is 34.2 Å². The molecule has 1 rings (SSSR count). The van der Waals surface area contributed by atoms with Gasteiger partial charge in [-0.3, -0.25) is 0 Å². The Labute approximate surface area is 150 Å². The molecule has 24 heavy (non-hydrogen) atoms. The average Bonchev–Trinajstić information content (AvgIpc) is 2.44. The fraction of sp³-hybridized carbons (Fsp3) is 0.625. The maximum Gasteiger partial charge on any atom is 0.315 e. The first-order valence-electron chi connectivity index (χ1n) is 7.63. The lowest BCUT2D eigenvalue weighted by Crippen LogP contribution is -2.44. The minimum atomic E-state index is -3.01. The molecule has 0 bridgehead atoms. The van der Waals surface area contributed by atoms with Crippen LogP contribution in [0.2, 0.25) is 18.1 Å². The van der Waals surface area contributed by atoms with Gasteiger partial charge in [0.15, 0.2) is 8.32 Å². The van der Waals surface area contributed by atoms with Crippen molar-refractivity contribution in [3.05, 3.63) is 28.5 Å². The van der Waals surface area contributed by atoms with Gasteiger partial charge in [0.05, 0.1) is 18.8 Å². The highest BCUT2D eigenvalue weighted by molar-refractivity contribution is 9.10. The molecule has 0 fully saturated rings. The van der Waals surface area contributed by atoms with Crippen molar-refractivity contribution in [2.75, 3.05) is 18.1 Å². The van der Waals surface area contributed by atoms with E-state index in [1.165, 1.54) is 12.1 Å². The van der Waals surface area contributed by atoms with E-state index in [4.69, 9.17) is 4.43 Å². The highest BCUT2D eigenvalue weighted by Gasteiger charge is 2.38. The summed E-state index contributed by atoms with van der Waals surface area (Å²) in [6, 6.07) is 3.67. The number of hydrogen-bond donors (Lipinski definition) is 0. The predicted molar refractivity (Wildman–Crippen MR) is 95.5 cm³/mol. The van der Waals surface area contributed by atoms with E-state index in [2.05, 4.69) is 15.9 Å². The Hall–Kier alpha value is -0.603. The lowest BCUT2D eigenvalue weighted by Gasteiger charge is -2.37. The third kappa shape index (κ3) is 5.74. The summed E-state index contributed by atoms with van der Waals surface area (Å²) in [6.45, 7) is 6.00. The summed E-state index contributed by atoms with van der Waals surface area (Å²) >= 11 is 3.11. The lowest BCUT2D eigenvalue weighted by molar-refractivity contribution is 0.119. The van der Waals surface area contributed by atoms with Crippen LogP contribution in [0.15, 0.2) is 22.7 Å². The van der Waals surface area contributed by atoms with Crippen LogP contribution in [0.5, 0.6) is 0 Å². The molecule has 138 valence electrons. The molecule has 0 heterocycles. The summed E-state index contributed by atoms with van der Waals surface area (Å²) in [5.41, 5.74) is -0.339. The Kier molecular flexibility index (Phi) is 7.31. The van der Waals surface area contributed by atoms with E-state index in [0.29, 0.717) is 9.37 Å². The number of benzene rings is 1. The van der Waals surface area contributed by atoms with Crippen LogP contribution < -0.4 is 4.90 Å². The molecule has 0 aromatic heterocycles. The maximum atomic E-state index is 14.2. The number of hydrogen-bond acceptors (Lipinski definition) is 2. The van der Waals surface area contributed by atoms with Gasteiger partial charge in [0.1, 0.15) is 12.0 Å². The van der Waals surface area contributed by atoms with Crippen molar-refractivity contribution in [2.45, 2.75) is 51.6 Å². The first-order valence-corrected chi connectivity index (χ1v) is 11.3. The van der Waals surface area contributed by atoms with E-state index >= 15 is 0 Å². The summed E-state index contributed by atoms with van der Waals surface area (Å²) in [5, 5.41) is -0.106. The van der Waals surface area contributed by atoms with Gasteiger partial charge in [0.2, 0.25) is 0 Å². The topological polar surface area (TPSA) is 12.5 Å². The largest absolute Gasteiger partial charge is 0.414 e.